The van der Waals surface area contributed by atoms with E-state index in [2.05, 4.69) is 46.3 Å². The van der Waals surface area contributed by atoms with E-state index >= 15 is 0 Å². The van der Waals surface area contributed by atoms with Crippen LogP contribution in [0.5, 0.6) is 5.75 Å². The predicted molar refractivity (Wildman–Crippen MR) is 108 cm³/mol. The molecule has 1 aromatic heterocycles. The van der Waals surface area contributed by atoms with E-state index in [0.717, 1.165) is 48.3 Å². The van der Waals surface area contributed by atoms with Gasteiger partial charge in [-0.25, -0.2) is 4.98 Å². The van der Waals surface area contributed by atoms with Crippen LogP contribution in [0.4, 0.5) is 11.5 Å². The number of methoxy groups -OCH3 is 1. The van der Waals surface area contributed by atoms with Crippen LogP contribution in [0.25, 0.3) is 0 Å². The Labute approximate surface area is 157 Å². The van der Waals surface area contributed by atoms with Gasteiger partial charge in [-0.1, -0.05) is 18.6 Å². The zero-order valence-electron chi connectivity index (χ0n) is 15.8. The molecule has 4 heteroatoms. The highest BCUT2D eigenvalue weighted by molar-refractivity contribution is 5.50. The Kier molecular flexibility index (Phi) is 5.11. The maximum Gasteiger partial charge on any atom is 0.136 e. The molecule has 0 spiro atoms. The van der Waals surface area contributed by atoms with Crippen molar-refractivity contribution in [3.8, 4) is 5.75 Å². The molecular formula is C22H30N3O+. The second-order valence-electron chi connectivity index (χ2n) is 7.65. The SMILES string of the molecule is COc1cccc([N+]2(C3CCCCC3)CCN(c3ccccn3)CC2)c1. The van der Waals surface area contributed by atoms with Gasteiger partial charge in [0.1, 0.15) is 30.3 Å². The summed E-state index contributed by atoms with van der Waals surface area (Å²) in [5.74, 6) is 2.09. The van der Waals surface area contributed by atoms with Crippen LogP contribution in [0.3, 0.4) is 0 Å². The van der Waals surface area contributed by atoms with E-state index in [4.69, 9.17) is 4.74 Å². The van der Waals surface area contributed by atoms with Crippen molar-refractivity contribution in [1.82, 2.24) is 9.47 Å². The number of quaternary nitrogens is 1. The highest BCUT2D eigenvalue weighted by Gasteiger charge is 2.42. The fourth-order valence-corrected chi connectivity index (χ4v) is 4.89. The second-order valence-corrected chi connectivity index (χ2v) is 7.65. The van der Waals surface area contributed by atoms with Gasteiger partial charge in [0, 0.05) is 12.3 Å². The highest BCUT2D eigenvalue weighted by atomic mass is 16.5. The number of hydrogen-bond acceptors (Lipinski definition) is 3. The van der Waals surface area contributed by atoms with E-state index < -0.39 is 0 Å². The fraction of sp³-hybridized carbons (Fsp3) is 0.500. The summed E-state index contributed by atoms with van der Waals surface area (Å²) in [7, 11) is 1.77. The Hall–Kier alpha value is -2.07. The Bertz CT molecular complexity index is 704. The highest BCUT2D eigenvalue weighted by Crippen LogP contribution is 2.37. The van der Waals surface area contributed by atoms with Gasteiger partial charge in [0.05, 0.1) is 26.2 Å². The normalized spacial score (nSPS) is 20.7. The van der Waals surface area contributed by atoms with Crippen molar-refractivity contribution in [3.63, 3.8) is 0 Å². The van der Waals surface area contributed by atoms with Gasteiger partial charge in [-0.3, -0.25) is 4.48 Å². The molecule has 1 aromatic carbocycles. The average molecular weight is 353 g/mol. The number of nitrogens with zero attached hydrogens (tertiary/aromatic N) is 3. The fourth-order valence-electron chi connectivity index (χ4n) is 4.89. The largest absolute Gasteiger partial charge is 0.497 e. The average Bonchev–Trinajstić information content (AvgIpc) is 2.75. The summed E-state index contributed by atoms with van der Waals surface area (Å²) in [6.07, 6.45) is 8.74. The first-order valence-corrected chi connectivity index (χ1v) is 9.99. The summed E-state index contributed by atoms with van der Waals surface area (Å²) in [5.41, 5.74) is 1.43. The Morgan fingerprint density at radius 1 is 1.00 bits per heavy atom. The van der Waals surface area contributed by atoms with E-state index in [1.165, 1.54) is 37.8 Å². The first kappa shape index (κ1) is 17.3. The van der Waals surface area contributed by atoms with Crippen molar-refractivity contribution in [1.29, 1.82) is 0 Å². The van der Waals surface area contributed by atoms with E-state index in [1.807, 2.05) is 12.3 Å². The predicted octanol–water partition coefficient (Wildman–Crippen LogP) is 4.25. The zero-order chi connectivity index (χ0) is 17.8. The van der Waals surface area contributed by atoms with E-state index in [1.54, 1.807) is 7.11 Å². The summed E-state index contributed by atoms with van der Waals surface area (Å²) < 4.78 is 6.65. The molecule has 1 aliphatic heterocycles. The lowest BCUT2D eigenvalue weighted by Crippen LogP contribution is -2.66. The van der Waals surface area contributed by atoms with Crippen LogP contribution in [-0.2, 0) is 0 Å². The Morgan fingerprint density at radius 3 is 2.50 bits per heavy atom. The number of hydrogen-bond donors (Lipinski definition) is 0. The zero-order valence-corrected chi connectivity index (χ0v) is 15.8. The van der Waals surface area contributed by atoms with Gasteiger partial charge in [-0.15, -0.1) is 0 Å². The van der Waals surface area contributed by atoms with Crippen LogP contribution in [-0.4, -0.2) is 44.3 Å². The minimum absolute atomic E-state index is 0.738. The molecule has 4 rings (SSSR count). The quantitative estimate of drug-likeness (QED) is 0.769. The summed E-state index contributed by atoms with van der Waals surface area (Å²) in [4.78, 5) is 7.01. The molecule has 0 bridgehead atoms. The van der Waals surface area contributed by atoms with Crippen molar-refractivity contribution >= 4 is 11.5 Å². The van der Waals surface area contributed by atoms with Crippen LogP contribution in [0.2, 0.25) is 0 Å². The van der Waals surface area contributed by atoms with Crippen LogP contribution in [0.1, 0.15) is 32.1 Å². The van der Waals surface area contributed by atoms with Gasteiger partial charge < -0.3 is 9.64 Å². The minimum atomic E-state index is 0.738. The summed E-state index contributed by atoms with van der Waals surface area (Å²) in [5, 5.41) is 0. The molecular weight excluding hydrogens is 322 g/mol. The Morgan fingerprint density at radius 2 is 1.81 bits per heavy atom. The number of ether oxygens (including phenoxy) is 1. The molecule has 1 saturated carbocycles. The third kappa shape index (κ3) is 3.30. The number of benzene rings is 1. The van der Waals surface area contributed by atoms with Gasteiger partial charge in [0.15, 0.2) is 0 Å². The number of piperazine rings is 1. The molecule has 2 aliphatic rings. The standard InChI is InChI=1S/C22H30N3O/c1-26-21-11-7-10-20(18-21)25(19-8-3-2-4-9-19)16-14-24(15-17-25)22-12-5-6-13-23-22/h5-7,10-13,18-19H,2-4,8-9,14-17H2,1H3/q+1. The van der Waals surface area contributed by atoms with E-state index in [0.29, 0.717) is 0 Å². The van der Waals surface area contributed by atoms with Crippen molar-refractivity contribution in [2.75, 3.05) is 38.2 Å². The second kappa shape index (κ2) is 7.67. The lowest BCUT2D eigenvalue weighted by Gasteiger charge is -2.50. The van der Waals surface area contributed by atoms with Crippen LogP contribution in [0.15, 0.2) is 48.7 Å². The molecule has 0 N–H and O–H groups in total. The maximum atomic E-state index is 5.54. The van der Waals surface area contributed by atoms with Gasteiger partial charge in [-0.05, 0) is 49.9 Å². The van der Waals surface area contributed by atoms with Gasteiger partial charge in [-0.2, -0.15) is 0 Å². The number of pyridine rings is 1. The monoisotopic (exact) mass is 352 g/mol. The van der Waals surface area contributed by atoms with Crippen molar-refractivity contribution in [3.05, 3.63) is 48.7 Å². The molecule has 0 radical (unpaired) electrons. The van der Waals surface area contributed by atoms with Gasteiger partial charge >= 0.3 is 0 Å². The Balaban J connectivity index is 1.62. The molecule has 2 fully saturated rings. The molecule has 0 unspecified atom stereocenters. The van der Waals surface area contributed by atoms with Gasteiger partial charge in [0.2, 0.25) is 0 Å². The lowest BCUT2D eigenvalue weighted by molar-refractivity contribution is 0.150. The van der Waals surface area contributed by atoms with Crippen LogP contribution < -0.4 is 14.1 Å². The summed E-state index contributed by atoms with van der Waals surface area (Å²) >= 11 is 0. The molecule has 0 atom stereocenters. The molecule has 2 heterocycles. The van der Waals surface area contributed by atoms with Crippen molar-refractivity contribution < 1.29 is 4.74 Å². The summed E-state index contributed by atoms with van der Waals surface area (Å²) in [6.45, 7) is 4.41. The molecule has 1 aliphatic carbocycles. The van der Waals surface area contributed by atoms with E-state index in [9.17, 15) is 0 Å². The minimum Gasteiger partial charge on any atom is -0.497 e. The van der Waals surface area contributed by atoms with Crippen molar-refractivity contribution in [2.45, 2.75) is 38.1 Å². The molecule has 4 nitrogen and oxygen atoms in total. The smallest absolute Gasteiger partial charge is 0.136 e. The third-order valence-corrected chi connectivity index (χ3v) is 6.35. The first-order valence-electron chi connectivity index (χ1n) is 9.99. The first-order chi connectivity index (χ1) is 12.8. The molecule has 138 valence electrons. The van der Waals surface area contributed by atoms with Crippen molar-refractivity contribution in [2.24, 2.45) is 0 Å². The number of aromatic nitrogens is 1. The van der Waals surface area contributed by atoms with Crippen LogP contribution >= 0.6 is 0 Å². The number of rotatable bonds is 4. The lowest BCUT2D eigenvalue weighted by atomic mass is 9.90. The van der Waals surface area contributed by atoms with Gasteiger partial charge in [0.25, 0.3) is 0 Å². The maximum absolute atomic E-state index is 5.54. The molecule has 2 aromatic rings. The molecule has 1 saturated heterocycles. The summed E-state index contributed by atoms with van der Waals surface area (Å²) in [6, 6.07) is 15.7. The van der Waals surface area contributed by atoms with Crippen LogP contribution in [0, 0.1) is 0 Å². The topological polar surface area (TPSA) is 25.4 Å². The molecule has 0 amide bonds. The van der Waals surface area contributed by atoms with E-state index in [-0.39, 0.29) is 0 Å². The third-order valence-electron chi connectivity index (χ3n) is 6.35. The number of anilines is 1. The molecule has 26 heavy (non-hydrogen) atoms.